The monoisotopic (exact) mass is 392 g/mol. The summed E-state index contributed by atoms with van der Waals surface area (Å²) in [5.41, 5.74) is 1.51. The minimum Gasteiger partial charge on any atom is -0.496 e. The molecule has 1 amide bonds. The lowest BCUT2D eigenvalue weighted by Crippen LogP contribution is -2.30. The highest BCUT2D eigenvalue weighted by Crippen LogP contribution is 2.25. The zero-order valence-corrected chi connectivity index (χ0v) is 16.9. The van der Waals surface area contributed by atoms with Crippen LogP contribution in [0.25, 0.3) is 0 Å². The third kappa shape index (κ3) is 4.61. The molecule has 1 N–H and O–H groups in total. The molecule has 0 aliphatic rings. The van der Waals surface area contributed by atoms with Gasteiger partial charge >= 0.3 is 0 Å². The van der Waals surface area contributed by atoms with Crippen LogP contribution in [0.15, 0.2) is 29.2 Å². The van der Waals surface area contributed by atoms with Gasteiger partial charge in [0.25, 0.3) is 5.91 Å². The lowest BCUT2D eigenvalue weighted by molar-refractivity contribution is 0.102. The van der Waals surface area contributed by atoms with Crippen molar-refractivity contribution in [1.29, 1.82) is 0 Å². The van der Waals surface area contributed by atoms with E-state index in [1.807, 2.05) is 0 Å². The van der Waals surface area contributed by atoms with Crippen molar-refractivity contribution in [1.82, 2.24) is 14.3 Å². The summed E-state index contributed by atoms with van der Waals surface area (Å²) < 4.78 is 32.0. The molecule has 146 valence electrons. The maximum atomic E-state index is 12.7. The lowest BCUT2D eigenvalue weighted by atomic mass is 10.2. The predicted molar refractivity (Wildman–Crippen MR) is 103 cm³/mol. The number of ether oxygens (including phenoxy) is 1. The summed E-state index contributed by atoms with van der Waals surface area (Å²) in [7, 11) is -2.29. The molecule has 0 saturated heterocycles. The second kappa shape index (κ2) is 8.45. The van der Waals surface area contributed by atoms with Crippen LogP contribution in [0.4, 0.5) is 5.95 Å². The second-order valence-corrected chi connectivity index (χ2v) is 7.82. The Morgan fingerprint density at radius 3 is 2.22 bits per heavy atom. The number of sulfonamides is 1. The van der Waals surface area contributed by atoms with Crippen LogP contribution in [-0.4, -0.2) is 48.8 Å². The van der Waals surface area contributed by atoms with Gasteiger partial charge in [0, 0.05) is 24.5 Å². The number of nitrogens with zero attached hydrogens (tertiary/aromatic N) is 3. The largest absolute Gasteiger partial charge is 0.496 e. The first-order chi connectivity index (χ1) is 12.7. The van der Waals surface area contributed by atoms with Gasteiger partial charge in [-0.05, 0) is 38.1 Å². The first kappa shape index (κ1) is 20.8. The van der Waals surface area contributed by atoms with Gasteiger partial charge in [-0.15, -0.1) is 0 Å². The molecule has 0 unspecified atom stereocenters. The number of rotatable bonds is 7. The van der Waals surface area contributed by atoms with E-state index in [2.05, 4.69) is 15.3 Å². The number of hydrogen-bond acceptors (Lipinski definition) is 6. The summed E-state index contributed by atoms with van der Waals surface area (Å²) in [6.45, 7) is 7.78. The predicted octanol–water partition coefficient (Wildman–Crippen LogP) is 2.38. The van der Waals surface area contributed by atoms with Gasteiger partial charge in [-0.25, -0.2) is 18.4 Å². The fourth-order valence-electron chi connectivity index (χ4n) is 2.69. The molecule has 8 nitrogen and oxygen atoms in total. The highest BCUT2D eigenvalue weighted by atomic mass is 32.2. The zero-order valence-electron chi connectivity index (χ0n) is 16.1. The Kier molecular flexibility index (Phi) is 6.50. The van der Waals surface area contributed by atoms with E-state index in [0.29, 0.717) is 24.5 Å². The summed E-state index contributed by atoms with van der Waals surface area (Å²) >= 11 is 0. The number of carbonyl (C=O) groups is 1. The maximum absolute atomic E-state index is 12.7. The Morgan fingerprint density at radius 1 is 1.11 bits per heavy atom. The molecule has 27 heavy (non-hydrogen) atoms. The minimum atomic E-state index is -3.70. The molecule has 1 heterocycles. The molecule has 1 aromatic carbocycles. The lowest BCUT2D eigenvalue weighted by Gasteiger charge is -2.19. The van der Waals surface area contributed by atoms with Crippen molar-refractivity contribution in [3.63, 3.8) is 0 Å². The molecule has 0 radical (unpaired) electrons. The highest BCUT2D eigenvalue weighted by molar-refractivity contribution is 7.89. The zero-order chi connectivity index (χ0) is 20.2. The summed E-state index contributed by atoms with van der Waals surface area (Å²) in [5.74, 6) is -0.139. The van der Waals surface area contributed by atoms with Crippen LogP contribution in [0, 0.1) is 13.8 Å². The van der Waals surface area contributed by atoms with Crippen LogP contribution in [0.2, 0.25) is 0 Å². The molecule has 0 aliphatic heterocycles. The number of hydrogen-bond donors (Lipinski definition) is 1. The van der Waals surface area contributed by atoms with E-state index in [-0.39, 0.29) is 22.2 Å². The fraction of sp³-hybridized carbons (Fsp3) is 0.389. The van der Waals surface area contributed by atoms with Crippen LogP contribution >= 0.6 is 0 Å². The van der Waals surface area contributed by atoms with Gasteiger partial charge in [0.2, 0.25) is 16.0 Å². The van der Waals surface area contributed by atoms with E-state index < -0.39 is 15.9 Å². The van der Waals surface area contributed by atoms with E-state index in [4.69, 9.17) is 4.74 Å². The van der Waals surface area contributed by atoms with Crippen LogP contribution < -0.4 is 10.1 Å². The Labute approximate surface area is 159 Å². The van der Waals surface area contributed by atoms with Crippen molar-refractivity contribution < 1.29 is 17.9 Å². The molecule has 2 rings (SSSR count). The van der Waals surface area contributed by atoms with Crippen LogP contribution in [0.5, 0.6) is 5.75 Å². The van der Waals surface area contributed by atoms with Gasteiger partial charge in [0.1, 0.15) is 5.75 Å². The SMILES string of the molecule is CCN(CC)S(=O)(=O)c1ccc(OC)c(C(=O)Nc2nc(C)cc(C)n2)c1. The molecule has 1 aromatic heterocycles. The van der Waals surface area contributed by atoms with Crippen molar-refractivity contribution in [2.75, 3.05) is 25.5 Å². The van der Waals surface area contributed by atoms with Gasteiger partial charge < -0.3 is 4.74 Å². The van der Waals surface area contributed by atoms with Crippen molar-refractivity contribution in [3.8, 4) is 5.75 Å². The Hall–Kier alpha value is -2.52. The van der Waals surface area contributed by atoms with E-state index in [0.717, 1.165) is 0 Å². The summed E-state index contributed by atoms with van der Waals surface area (Å²) in [4.78, 5) is 21.1. The number of amides is 1. The molecule has 0 atom stereocenters. The summed E-state index contributed by atoms with van der Waals surface area (Å²) in [5, 5.41) is 2.60. The van der Waals surface area contributed by atoms with Crippen LogP contribution in [0.3, 0.4) is 0 Å². The number of anilines is 1. The highest BCUT2D eigenvalue weighted by Gasteiger charge is 2.24. The average molecular weight is 392 g/mol. The molecule has 9 heteroatoms. The topological polar surface area (TPSA) is 101 Å². The molecule has 2 aromatic rings. The Bertz CT molecular complexity index is 920. The summed E-state index contributed by atoms with van der Waals surface area (Å²) in [6, 6.07) is 5.99. The number of benzene rings is 1. The standard InChI is InChI=1S/C18H24N4O4S/c1-6-22(7-2)27(24,25)14-8-9-16(26-5)15(11-14)17(23)21-18-19-12(3)10-13(4)20-18/h8-11H,6-7H2,1-5H3,(H,19,20,21,23). The van der Waals surface area contributed by atoms with E-state index >= 15 is 0 Å². The third-order valence-electron chi connectivity index (χ3n) is 3.97. The van der Waals surface area contributed by atoms with E-state index in [1.54, 1.807) is 33.8 Å². The number of nitrogens with one attached hydrogen (secondary N) is 1. The minimum absolute atomic E-state index is 0.0264. The molecular weight excluding hydrogens is 368 g/mol. The number of methoxy groups -OCH3 is 1. The van der Waals surface area contributed by atoms with E-state index in [9.17, 15) is 13.2 Å². The molecule has 0 spiro atoms. The van der Waals surface area contributed by atoms with Gasteiger partial charge in [-0.1, -0.05) is 13.8 Å². The Balaban J connectivity index is 2.44. The van der Waals surface area contributed by atoms with Crippen LogP contribution in [-0.2, 0) is 10.0 Å². The molecule has 0 bridgehead atoms. The van der Waals surface area contributed by atoms with Crippen molar-refractivity contribution in [2.45, 2.75) is 32.6 Å². The quantitative estimate of drug-likeness (QED) is 0.776. The van der Waals surface area contributed by atoms with Gasteiger partial charge in [0.15, 0.2) is 0 Å². The average Bonchev–Trinajstić information content (AvgIpc) is 2.61. The van der Waals surface area contributed by atoms with E-state index in [1.165, 1.54) is 29.6 Å². The first-order valence-corrected chi connectivity index (χ1v) is 9.98. The smallest absolute Gasteiger partial charge is 0.261 e. The number of aromatic nitrogens is 2. The maximum Gasteiger partial charge on any atom is 0.261 e. The van der Waals surface area contributed by atoms with Crippen molar-refractivity contribution in [3.05, 3.63) is 41.2 Å². The fourth-order valence-corrected chi connectivity index (χ4v) is 4.17. The second-order valence-electron chi connectivity index (χ2n) is 5.88. The van der Waals surface area contributed by atoms with Crippen molar-refractivity contribution in [2.24, 2.45) is 0 Å². The first-order valence-electron chi connectivity index (χ1n) is 8.54. The normalized spacial score (nSPS) is 11.5. The summed E-state index contributed by atoms with van der Waals surface area (Å²) in [6.07, 6.45) is 0. The van der Waals surface area contributed by atoms with Gasteiger partial charge in [0.05, 0.1) is 17.6 Å². The van der Waals surface area contributed by atoms with Crippen molar-refractivity contribution >= 4 is 21.9 Å². The van der Waals surface area contributed by atoms with Gasteiger partial charge in [-0.3, -0.25) is 10.1 Å². The third-order valence-corrected chi connectivity index (χ3v) is 6.01. The van der Waals surface area contributed by atoms with Crippen LogP contribution in [0.1, 0.15) is 35.6 Å². The number of carbonyl (C=O) groups excluding carboxylic acids is 1. The molecule has 0 saturated carbocycles. The molecule has 0 fully saturated rings. The van der Waals surface area contributed by atoms with Gasteiger partial charge in [-0.2, -0.15) is 4.31 Å². The Morgan fingerprint density at radius 2 is 1.70 bits per heavy atom. The molecule has 0 aliphatic carbocycles. The molecular formula is C18H24N4O4S. The number of aryl methyl sites for hydroxylation is 2.